The number of hydrogen-bond donors (Lipinski definition) is 2. The van der Waals surface area contributed by atoms with E-state index < -0.39 is 12.4 Å². The van der Waals surface area contributed by atoms with Gasteiger partial charge in [0.2, 0.25) is 0 Å². The standard InChI is InChI=1S/C25H20BFO2/c27-22-16-17-24(23(18-22)19-10-4-1-5-11-19)25(26(28)29,20-12-6-2-7-13-20)21-14-8-3-9-15-21/h1-18,28-29H. The van der Waals surface area contributed by atoms with Crippen molar-refractivity contribution in [2.24, 2.45) is 0 Å². The Morgan fingerprint density at radius 2 is 1.10 bits per heavy atom. The van der Waals surface area contributed by atoms with E-state index in [9.17, 15) is 14.4 Å². The van der Waals surface area contributed by atoms with Gasteiger partial charge in [0.1, 0.15) is 5.82 Å². The van der Waals surface area contributed by atoms with Gasteiger partial charge in [-0.25, -0.2) is 4.39 Å². The summed E-state index contributed by atoms with van der Waals surface area (Å²) < 4.78 is 14.3. The average Bonchev–Trinajstić information content (AvgIpc) is 2.77. The van der Waals surface area contributed by atoms with E-state index in [2.05, 4.69) is 0 Å². The van der Waals surface area contributed by atoms with Crippen LogP contribution in [0.4, 0.5) is 4.39 Å². The predicted octanol–water partition coefficient (Wildman–Crippen LogP) is 4.84. The largest absolute Gasteiger partial charge is 0.472 e. The number of benzene rings is 4. The molecule has 0 fully saturated rings. The molecule has 0 spiro atoms. The summed E-state index contributed by atoms with van der Waals surface area (Å²) in [6.07, 6.45) is 0. The molecule has 29 heavy (non-hydrogen) atoms. The number of hydrogen-bond acceptors (Lipinski definition) is 2. The van der Waals surface area contributed by atoms with Crippen molar-refractivity contribution < 1.29 is 14.4 Å². The SMILES string of the molecule is OB(O)C(c1ccccc1)(c1ccccc1)c1ccc(F)cc1-c1ccccc1. The van der Waals surface area contributed by atoms with E-state index in [-0.39, 0.29) is 5.82 Å². The summed E-state index contributed by atoms with van der Waals surface area (Å²) in [7, 11) is -1.75. The molecular weight excluding hydrogens is 362 g/mol. The fourth-order valence-corrected chi connectivity index (χ4v) is 4.03. The molecule has 2 N–H and O–H groups in total. The second kappa shape index (κ2) is 8.04. The molecular formula is C25H20BFO2. The van der Waals surface area contributed by atoms with Crippen LogP contribution >= 0.6 is 0 Å². The van der Waals surface area contributed by atoms with E-state index in [1.54, 1.807) is 6.07 Å². The molecule has 0 amide bonds. The first kappa shape index (κ1) is 19.1. The molecule has 0 aliphatic rings. The lowest BCUT2D eigenvalue weighted by Crippen LogP contribution is -2.46. The molecule has 0 bridgehead atoms. The Morgan fingerprint density at radius 1 is 0.621 bits per heavy atom. The molecule has 0 atom stereocenters. The summed E-state index contributed by atoms with van der Waals surface area (Å²) in [5, 5.41) is 20.4. The Labute approximate surface area is 170 Å². The fraction of sp³-hybridized carbons (Fsp3) is 0.0400. The van der Waals surface area contributed by atoms with Crippen molar-refractivity contribution in [3.05, 3.63) is 132 Å². The lowest BCUT2D eigenvalue weighted by atomic mass is 9.47. The second-order valence-corrected chi connectivity index (χ2v) is 6.97. The summed E-state index contributed by atoms with van der Waals surface area (Å²) in [6.45, 7) is 0. The van der Waals surface area contributed by atoms with Gasteiger partial charge in [-0.05, 0) is 39.9 Å². The van der Waals surface area contributed by atoms with E-state index in [1.165, 1.54) is 12.1 Å². The van der Waals surface area contributed by atoms with E-state index >= 15 is 0 Å². The molecule has 4 rings (SSSR count). The van der Waals surface area contributed by atoms with Gasteiger partial charge in [-0.1, -0.05) is 97.1 Å². The molecule has 0 heterocycles. The Balaban J connectivity index is 2.12. The van der Waals surface area contributed by atoms with E-state index in [1.807, 2.05) is 91.0 Å². The van der Waals surface area contributed by atoms with Crippen LogP contribution in [0.3, 0.4) is 0 Å². The third kappa shape index (κ3) is 3.37. The van der Waals surface area contributed by atoms with E-state index in [0.29, 0.717) is 22.3 Å². The predicted molar refractivity (Wildman–Crippen MR) is 115 cm³/mol. The van der Waals surface area contributed by atoms with Crippen LogP contribution in [0.15, 0.2) is 109 Å². The van der Waals surface area contributed by atoms with Gasteiger partial charge in [0, 0.05) is 0 Å². The zero-order valence-electron chi connectivity index (χ0n) is 15.7. The van der Waals surface area contributed by atoms with Crippen molar-refractivity contribution in [3.8, 4) is 11.1 Å². The van der Waals surface area contributed by atoms with Crippen molar-refractivity contribution >= 4 is 7.12 Å². The quantitative estimate of drug-likeness (QED) is 0.383. The lowest BCUT2D eigenvalue weighted by Gasteiger charge is -2.36. The smallest absolute Gasteiger partial charge is 0.426 e. The monoisotopic (exact) mass is 382 g/mol. The van der Waals surface area contributed by atoms with E-state index in [4.69, 9.17) is 0 Å². The first-order valence-electron chi connectivity index (χ1n) is 9.46. The zero-order valence-corrected chi connectivity index (χ0v) is 15.7. The van der Waals surface area contributed by atoms with Crippen molar-refractivity contribution in [2.45, 2.75) is 5.31 Å². The first-order valence-corrected chi connectivity index (χ1v) is 9.46. The first-order chi connectivity index (χ1) is 14.1. The highest BCUT2D eigenvalue weighted by molar-refractivity contribution is 6.48. The Bertz CT molecular complexity index is 1040. The zero-order chi connectivity index (χ0) is 20.3. The van der Waals surface area contributed by atoms with Crippen LogP contribution in [0.25, 0.3) is 11.1 Å². The lowest BCUT2D eigenvalue weighted by molar-refractivity contribution is 0.375. The minimum absolute atomic E-state index is 0.380. The summed E-state index contributed by atoms with van der Waals surface area (Å²) in [5.74, 6) is -0.380. The second-order valence-electron chi connectivity index (χ2n) is 6.97. The highest BCUT2D eigenvalue weighted by Gasteiger charge is 2.48. The van der Waals surface area contributed by atoms with Crippen LogP contribution in [0.5, 0.6) is 0 Å². The Morgan fingerprint density at radius 3 is 1.59 bits per heavy atom. The van der Waals surface area contributed by atoms with Crippen molar-refractivity contribution in [1.82, 2.24) is 0 Å². The molecule has 0 aliphatic carbocycles. The van der Waals surface area contributed by atoms with Gasteiger partial charge in [0.05, 0.1) is 5.31 Å². The third-order valence-electron chi connectivity index (χ3n) is 5.34. The molecule has 0 radical (unpaired) electrons. The summed E-state index contributed by atoms with van der Waals surface area (Å²) in [5.41, 5.74) is 3.47. The van der Waals surface area contributed by atoms with Gasteiger partial charge in [0.25, 0.3) is 0 Å². The molecule has 0 saturated heterocycles. The van der Waals surface area contributed by atoms with Gasteiger partial charge in [-0.2, -0.15) is 0 Å². The van der Waals surface area contributed by atoms with Gasteiger partial charge in [-0.15, -0.1) is 0 Å². The van der Waals surface area contributed by atoms with Gasteiger partial charge in [-0.3, -0.25) is 0 Å². The highest BCUT2D eigenvalue weighted by Crippen LogP contribution is 2.44. The fourth-order valence-electron chi connectivity index (χ4n) is 4.03. The van der Waals surface area contributed by atoms with Crippen LogP contribution in [-0.4, -0.2) is 17.2 Å². The van der Waals surface area contributed by atoms with Crippen molar-refractivity contribution in [3.63, 3.8) is 0 Å². The average molecular weight is 382 g/mol. The third-order valence-corrected chi connectivity index (χ3v) is 5.34. The van der Waals surface area contributed by atoms with Crippen LogP contribution in [0, 0.1) is 5.82 Å². The molecule has 4 aromatic carbocycles. The maximum atomic E-state index is 14.3. The molecule has 0 aromatic heterocycles. The van der Waals surface area contributed by atoms with E-state index in [0.717, 1.165) is 5.56 Å². The number of rotatable bonds is 5. The van der Waals surface area contributed by atoms with Gasteiger partial charge in [0.15, 0.2) is 0 Å². The van der Waals surface area contributed by atoms with Crippen LogP contribution in [0.1, 0.15) is 16.7 Å². The summed E-state index contributed by atoms with van der Waals surface area (Å²) in [4.78, 5) is 0. The molecule has 0 aliphatic heterocycles. The summed E-state index contributed by atoms with van der Waals surface area (Å²) >= 11 is 0. The van der Waals surface area contributed by atoms with Crippen LogP contribution < -0.4 is 0 Å². The molecule has 4 aromatic rings. The molecule has 4 heteroatoms. The number of halogens is 1. The van der Waals surface area contributed by atoms with Gasteiger partial charge >= 0.3 is 7.12 Å². The maximum absolute atomic E-state index is 14.3. The minimum atomic E-state index is -1.75. The van der Waals surface area contributed by atoms with Crippen LogP contribution in [0.2, 0.25) is 0 Å². The molecule has 142 valence electrons. The van der Waals surface area contributed by atoms with Crippen molar-refractivity contribution in [1.29, 1.82) is 0 Å². The normalized spacial score (nSPS) is 11.3. The molecule has 0 saturated carbocycles. The molecule has 0 unspecified atom stereocenters. The topological polar surface area (TPSA) is 40.5 Å². The van der Waals surface area contributed by atoms with Gasteiger partial charge < -0.3 is 10.0 Å². The Hall–Kier alpha value is -3.21. The highest BCUT2D eigenvalue weighted by atomic mass is 19.1. The van der Waals surface area contributed by atoms with Crippen LogP contribution in [-0.2, 0) is 5.31 Å². The Kier molecular flexibility index (Phi) is 5.30. The minimum Gasteiger partial charge on any atom is -0.426 e. The maximum Gasteiger partial charge on any atom is 0.472 e. The van der Waals surface area contributed by atoms with Crippen molar-refractivity contribution in [2.75, 3.05) is 0 Å². The summed E-state index contributed by atoms with van der Waals surface area (Å²) in [6, 6.07) is 32.6. The molecule has 2 nitrogen and oxygen atoms in total.